The molecule has 28 heavy (non-hydrogen) atoms. The highest BCUT2D eigenvalue weighted by molar-refractivity contribution is 5.96. The molecule has 0 radical (unpaired) electrons. The van der Waals surface area contributed by atoms with E-state index in [9.17, 15) is 14.0 Å². The van der Waals surface area contributed by atoms with Gasteiger partial charge in [-0.2, -0.15) is 0 Å². The first-order valence-electron chi connectivity index (χ1n) is 8.54. The zero-order valence-electron chi connectivity index (χ0n) is 15.1. The lowest BCUT2D eigenvalue weighted by Crippen LogP contribution is -2.30. The fourth-order valence-electron chi connectivity index (χ4n) is 2.35. The smallest absolute Gasteiger partial charge is 0.375 e. The van der Waals surface area contributed by atoms with Crippen molar-refractivity contribution < 1.29 is 27.9 Å². The summed E-state index contributed by atoms with van der Waals surface area (Å²) in [7, 11) is 0. The van der Waals surface area contributed by atoms with Crippen LogP contribution in [0.25, 0.3) is 0 Å². The highest BCUT2D eigenvalue weighted by atomic mass is 19.1. The normalized spacial score (nSPS) is 11.5. The van der Waals surface area contributed by atoms with Crippen molar-refractivity contribution in [2.45, 2.75) is 19.6 Å². The number of carbonyl (C=O) groups excluding carboxylic acids is 2. The van der Waals surface area contributed by atoms with Crippen LogP contribution in [0.4, 0.5) is 10.1 Å². The summed E-state index contributed by atoms with van der Waals surface area (Å²) >= 11 is 0. The van der Waals surface area contributed by atoms with Gasteiger partial charge in [-0.3, -0.25) is 4.79 Å². The third kappa shape index (κ3) is 4.97. The van der Waals surface area contributed by atoms with Crippen LogP contribution in [0.2, 0.25) is 0 Å². The second-order valence-electron chi connectivity index (χ2n) is 5.92. The molecule has 6 nitrogen and oxygen atoms in total. The zero-order valence-corrected chi connectivity index (χ0v) is 15.1. The summed E-state index contributed by atoms with van der Waals surface area (Å²) < 4.78 is 28.9. The van der Waals surface area contributed by atoms with Crippen LogP contribution in [-0.2, 0) is 16.1 Å². The topological polar surface area (TPSA) is 77.8 Å². The maximum absolute atomic E-state index is 12.9. The number of esters is 1. The van der Waals surface area contributed by atoms with Gasteiger partial charge in [-0.1, -0.05) is 18.2 Å². The Morgan fingerprint density at radius 1 is 1.07 bits per heavy atom. The van der Waals surface area contributed by atoms with Crippen LogP contribution in [0.1, 0.15) is 23.0 Å². The molecule has 7 heteroatoms. The number of para-hydroxylation sites is 1. The number of hydrogen-bond acceptors (Lipinski definition) is 5. The SMILES string of the molecule is CC(OC(=O)c1occc1COc1ccccc1)C(=O)Nc1ccc(F)cc1. The summed E-state index contributed by atoms with van der Waals surface area (Å²) in [6.45, 7) is 1.54. The Labute approximate surface area is 160 Å². The molecule has 1 heterocycles. The van der Waals surface area contributed by atoms with Crippen molar-refractivity contribution in [3.8, 4) is 5.75 Å². The number of benzene rings is 2. The van der Waals surface area contributed by atoms with E-state index < -0.39 is 23.8 Å². The summed E-state index contributed by atoms with van der Waals surface area (Å²) in [6, 6.07) is 16.0. The average Bonchev–Trinajstić information content (AvgIpc) is 3.17. The van der Waals surface area contributed by atoms with Crippen molar-refractivity contribution in [3.05, 3.63) is 84.1 Å². The van der Waals surface area contributed by atoms with E-state index in [2.05, 4.69) is 5.32 Å². The van der Waals surface area contributed by atoms with Gasteiger partial charge in [0.05, 0.1) is 6.26 Å². The third-order valence-corrected chi connectivity index (χ3v) is 3.83. The molecule has 144 valence electrons. The molecule has 1 atom stereocenters. The van der Waals surface area contributed by atoms with Crippen LogP contribution in [-0.4, -0.2) is 18.0 Å². The number of ether oxygens (including phenoxy) is 2. The molecule has 0 saturated carbocycles. The standard InChI is InChI=1S/C21H18FNO5/c1-14(20(24)23-17-9-7-16(22)8-10-17)28-21(25)19-15(11-12-26-19)13-27-18-5-3-2-4-6-18/h2-12,14H,13H2,1H3,(H,23,24). The van der Waals surface area contributed by atoms with E-state index >= 15 is 0 Å². The van der Waals surface area contributed by atoms with Crippen LogP contribution in [0.5, 0.6) is 5.75 Å². The zero-order chi connectivity index (χ0) is 19.9. The first-order chi connectivity index (χ1) is 13.5. The highest BCUT2D eigenvalue weighted by Crippen LogP contribution is 2.17. The van der Waals surface area contributed by atoms with Gasteiger partial charge in [-0.15, -0.1) is 0 Å². The second-order valence-corrected chi connectivity index (χ2v) is 5.92. The molecular formula is C21H18FNO5. The molecular weight excluding hydrogens is 365 g/mol. The Morgan fingerprint density at radius 2 is 1.79 bits per heavy atom. The maximum Gasteiger partial charge on any atom is 0.375 e. The minimum Gasteiger partial charge on any atom is -0.489 e. The van der Waals surface area contributed by atoms with Gasteiger partial charge < -0.3 is 19.2 Å². The van der Waals surface area contributed by atoms with E-state index in [0.717, 1.165) is 0 Å². The Morgan fingerprint density at radius 3 is 2.50 bits per heavy atom. The van der Waals surface area contributed by atoms with Crippen molar-refractivity contribution in [2.75, 3.05) is 5.32 Å². The van der Waals surface area contributed by atoms with E-state index in [1.807, 2.05) is 18.2 Å². The van der Waals surface area contributed by atoms with E-state index in [0.29, 0.717) is 17.0 Å². The summed E-state index contributed by atoms with van der Waals surface area (Å²) in [5.74, 6) is -1.13. The van der Waals surface area contributed by atoms with Gasteiger partial charge in [0, 0.05) is 11.3 Å². The minimum atomic E-state index is -1.08. The first-order valence-corrected chi connectivity index (χ1v) is 8.54. The number of nitrogens with one attached hydrogen (secondary N) is 1. The van der Waals surface area contributed by atoms with Gasteiger partial charge in [0.2, 0.25) is 5.76 Å². The molecule has 1 aromatic heterocycles. The Bertz CT molecular complexity index is 937. The van der Waals surface area contributed by atoms with Crippen molar-refractivity contribution in [1.29, 1.82) is 0 Å². The number of furan rings is 1. The van der Waals surface area contributed by atoms with E-state index in [1.54, 1.807) is 18.2 Å². The largest absolute Gasteiger partial charge is 0.489 e. The van der Waals surface area contributed by atoms with Crippen molar-refractivity contribution in [2.24, 2.45) is 0 Å². The number of rotatable bonds is 7. The molecule has 0 aliphatic carbocycles. The quantitative estimate of drug-likeness (QED) is 0.619. The number of hydrogen-bond donors (Lipinski definition) is 1. The summed E-state index contributed by atoms with van der Waals surface area (Å²) in [4.78, 5) is 24.5. The fourth-order valence-corrected chi connectivity index (χ4v) is 2.35. The van der Waals surface area contributed by atoms with Gasteiger partial charge in [0.15, 0.2) is 6.10 Å². The highest BCUT2D eigenvalue weighted by Gasteiger charge is 2.23. The van der Waals surface area contributed by atoms with Crippen LogP contribution in [0.15, 0.2) is 71.3 Å². The fraction of sp³-hybridized carbons (Fsp3) is 0.143. The molecule has 0 saturated heterocycles. The number of carbonyl (C=O) groups is 2. The van der Waals surface area contributed by atoms with E-state index in [1.165, 1.54) is 37.5 Å². The van der Waals surface area contributed by atoms with Gasteiger partial charge in [0.25, 0.3) is 5.91 Å². The number of amides is 1. The van der Waals surface area contributed by atoms with Gasteiger partial charge in [-0.05, 0) is 49.4 Å². The molecule has 3 aromatic rings. The van der Waals surface area contributed by atoms with Crippen molar-refractivity contribution >= 4 is 17.6 Å². The summed E-state index contributed by atoms with van der Waals surface area (Å²) in [5.41, 5.74) is 0.893. The van der Waals surface area contributed by atoms with E-state index in [4.69, 9.17) is 13.9 Å². The summed E-state index contributed by atoms with van der Waals surface area (Å²) in [6.07, 6.45) is 0.273. The third-order valence-electron chi connectivity index (χ3n) is 3.83. The van der Waals surface area contributed by atoms with Crippen LogP contribution in [0.3, 0.4) is 0 Å². The van der Waals surface area contributed by atoms with Crippen LogP contribution < -0.4 is 10.1 Å². The van der Waals surface area contributed by atoms with Crippen LogP contribution in [0, 0.1) is 5.82 Å². The first kappa shape index (κ1) is 19.2. The maximum atomic E-state index is 12.9. The minimum absolute atomic E-state index is 0.0302. The van der Waals surface area contributed by atoms with Crippen molar-refractivity contribution in [3.63, 3.8) is 0 Å². The predicted molar refractivity (Wildman–Crippen MR) is 99.4 cm³/mol. The van der Waals surface area contributed by atoms with Gasteiger partial charge in [0.1, 0.15) is 18.2 Å². The number of halogens is 1. The molecule has 1 amide bonds. The molecule has 3 rings (SSSR count). The Kier molecular flexibility index (Phi) is 6.06. The molecule has 0 bridgehead atoms. The van der Waals surface area contributed by atoms with Gasteiger partial charge >= 0.3 is 5.97 Å². The molecule has 1 unspecified atom stereocenters. The molecule has 1 N–H and O–H groups in total. The Hall–Kier alpha value is -3.61. The van der Waals surface area contributed by atoms with Crippen LogP contribution >= 0.6 is 0 Å². The Balaban J connectivity index is 1.57. The lowest BCUT2D eigenvalue weighted by atomic mass is 10.2. The molecule has 2 aromatic carbocycles. The molecule has 0 aliphatic rings. The molecule has 0 fully saturated rings. The molecule has 0 spiro atoms. The average molecular weight is 383 g/mol. The van der Waals surface area contributed by atoms with Gasteiger partial charge in [-0.25, -0.2) is 9.18 Å². The predicted octanol–water partition coefficient (Wildman–Crippen LogP) is 4.18. The lowest BCUT2D eigenvalue weighted by molar-refractivity contribution is -0.123. The lowest BCUT2D eigenvalue weighted by Gasteiger charge is -2.13. The summed E-state index contributed by atoms with van der Waals surface area (Å²) in [5, 5.41) is 2.54. The van der Waals surface area contributed by atoms with Crippen molar-refractivity contribution in [1.82, 2.24) is 0 Å². The molecule has 0 aliphatic heterocycles. The second kappa shape index (κ2) is 8.85. The van der Waals surface area contributed by atoms with E-state index in [-0.39, 0.29) is 12.4 Å². The monoisotopic (exact) mass is 383 g/mol. The number of anilines is 1.